The number of hydrogen-bond donors (Lipinski definition) is 0. The van der Waals surface area contributed by atoms with Crippen molar-refractivity contribution in [1.29, 1.82) is 0 Å². The van der Waals surface area contributed by atoms with Gasteiger partial charge in [0, 0.05) is 19.8 Å². The lowest BCUT2D eigenvalue weighted by Gasteiger charge is -2.53. The summed E-state index contributed by atoms with van der Waals surface area (Å²) in [5.74, 6) is 4.19. The number of carbonyl (C=O) groups excluding carboxylic acids is 2. The van der Waals surface area contributed by atoms with Gasteiger partial charge in [0.05, 0.1) is 0 Å². The normalized spacial score (nSPS) is 49.0. The lowest BCUT2D eigenvalue weighted by Crippen LogP contribution is -2.46. The van der Waals surface area contributed by atoms with Crippen LogP contribution in [0.25, 0.3) is 0 Å². The Labute approximate surface area is 139 Å². The Balaban J connectivity index is 1.46. The van der Waals surface area contributed by atoms with E-state index in [0.29, 0.717) is 17.1 Å². The average Bonchev–Trinajstić information content (AvgIpc) is 2.79. The highest BCUT2D eigenvalue weighted by Gasteiger charge is 2.54. The SMILES string of the molecule is CC(=O)O[C@@H]1CC[C@@H]2C[C@H]3[C@@H](CC[C@@]4(C)CC(=O)C[C@H]34)C[C@H]2C1. The molecule has 0 aromatic rings. The first kappa shape index (κ1) is 15.7. The van der Waals surface area contributed by atoms with Crippen LogP contribution in [0.4, 0.5) is 0 Å². The molecule has 3 nitrogen and oxygen atoms in total. The number of esters is 1. The molecule has 0 saturated heterocycles. The van der Waals surface area contributed by atoms with Gasteiger partial charge in [-0.1, -0.05) is 6.92 Å². The molecule has 0 N–H and O–H groups in total. The Kier molecular flexibility index (Phi) is 3.81. The Hall–Kier alpha value is -0.860. The maximum Gasteiger partial charge on any atom is 0.302 e. The van der Waals surface area contributed by atoms with Gasteiger partial charge in [-0.15, -0.1) is 0 Å². The highest BCUT2D eigenvalue weighted by molar-refractivity contribution is 5.82. The lowest BCUT2D eigenvalue weighted by atomic mass is 9.52. The number of ether oxygens (including phenoxy) is 1. The van der Waals surface area contributed by atoms with E-state index in [-0.39, 0.29) is 12.1 Å². The van der Waals surface area contributed by atoms with E-state index in [2.05, 4.69) is 6.92 Å². The van der Waals surface area contributed by atoms with E-state index in [1.807, 2.05) is 0 Å². The number of fused-ring (bicyclic) bond motifs is 4. The number of carbonyl (C=O) groups is 2. The Morgan fingerprint density at radius 1 is 1.09 bits per heavy atom. The van der Waals surface area contributed by atoms with Gasteiger partial charge in [-0.3, -0.25) is 9.59 Å². The summed E-state index contributed by atoms with van der Waals surface area (Å²) in [4.78, 5) is 23.3. The summed E-state index contributed by atoms with van der Waals surface area (Å²) in [6.45, 7) is 3.91. The van der Waals surface area contributed by atoms with Crippen molar-refractivity contribution in [3.05, 3.63) is 0 Å². The number of rotatable bonds is 1. The van der Waals surface area contributed by atoms with Crippen molar-refractivity contribution in [2.75, 3.05) is 0 Å². The molecule has 4 aliphatic rings. The van der Waals surface area contributed by atoms with Gasteiger partial charge in [-0.05, 0) is 80.0 Å². The van der Waals surface area contributed by atoms with Crippen LogP contribution in [0.15, 0.2) is 0 Å². The molecule has 0 aromatic heterocycles. The second-order valence-corrected chi connectivity index (χ2v) is 9.18. The standard InChI is InChI=1S/C20H30O3/c1-12(21)23-17-4-3-13-9-18-14(7-15(13)8-17)5-6-20(2)11-16(22)10-19(18)20/h13-15,17-19H,3-11H2,1-2H3/t13-,14+,15+,17-,18+,19-,20+/m1/s1. The van der Waals surface area contributed by atoms with Crippen LogP contribution >= 0.6 is 0 Å². The first-order chi connectivity index (χ1) is 10.9. The van der Waals surface area contributed by atoms with Crippen LogP contribution in [0, 0.1) is 35.0 Å². The quantitative estimate of drug-likeness (QED) is 0.682. The Bertz CT molecular complexity index is 513. The Morgan fingerprint density at radius 3 is 2.70 bits per heavy atom. The van der Waals surface area contributed by atoms with Crippen LogP contribution < -0.4 is 0 Å². The van der Waals surface area contributed by atoms with Crippen LogP contribution in [-0.2, 0) is 14.3 Å². The second kappa shape index (κ2) is 5.60. The van der Waals surface area contributed by atoms with Crippen molar-refractivity contribution in [3.63, 3.8) is 0 Å². The molecule has 0 unspecified atom stereocenters. The average molecular weight is 318 g/mol. The minimum atomic E-state index is -0.125. The molecule has 4 saturated carbocycles. The van der Waals surface area contributed by atoms with Gasteiger partial charge >= 0.3 is 5.97 Å². The van der Waals surface area contributed by atoms with Gasteiger partial charge < -0.3 is 4.74 Å². The molecule has 0 bridgehead atoms. The van der Waals surface area contributed by atoms with Crippen LogP contribution in [0.3, 0.4) is 0 Å². The van der Waals surface area contributed by atoms with E-state index in [4.69, 9.17) is 4.74 Å². The zero-order valence-corrected chi connectivity index (χ0v) is 14.6. The summed E-state index contributed by atoms with van der Waals surface area (Å²) in [6, 6.07) is 0. The fourth-order valence-electron chi connectivity index (χ4n) is 6.76. The smallest absolute Gasteiger partial charge is 0.302 e. The largest absolute Gasteiger partial charge is 0.463 e. The fraction of sp³-hybridized carbons (Fsp3) is 0.900. The summed E-state index contributed by atoms with van der Waals surface area (Å²) in [5, 5.41) is 0. The summed E-state index contributed by atoms with van der Waals surface area (Å²) >= 11 is 0. The van der Waals surface area contributed by atoms with Gasteiger partial charge in [-0.2, -0.15) is 0 Å². The monoisotopic (exact) mass is 318 g/mol. The first-order valence-electron chi connectivity index (χ1n) is 9.63. The lowest BCUT2D eigenvalue weighted by molar-refractivity contribution is -0.151. The first-order valence-corrected chi connectivity index (χ1v) is 9.63. The summed E-state index contributed by atoms with van der Waals surface area (Å²) in [6.07, 6.45) is 10.4. The van der Waals surface area contributed by atoms with E-state index >= 15 is 0 Å². The van der Waals surface area contributed by atoms with Crippen molar-refractivity contribution < 1.29 is 14.3 Å². The molecule has 23 heavy (non-hydrogen) atoms. The zero-order chi connectivity index (χ0) is 16.2. The van der Waals surface area contributed by atoms with Gasteiger partial charge in [0.2, 0.25) is 0 Å². The predicted octanol–water partition coefficient (Wildman–Crippen LogP) is 4.14. The topological polar surface area (TPSA) is 43.4 Å². The minimum Gasteiger partial charge on any atom is -0.463 e. The third-order valence-corrected chi connectivity index (χ3v) is 7.76. The van der Waals surface area contributed by atoms with Crippen molar-refractivity contribution in [2.45, 2.75) is 77.7 Å². The van der Waals surface area contributed by atoms with E-state index < -0.39 is 0 Å². The minimum absolute atomic E-state index is 0.125. The van der Waals surface area contributed by atoms with Crippen molar-refractivity contribution >= 4 is 11.8 Å². The van der Waals surface area contributed by atoms with Gasteiger partial charge in [0.15, 0.2) is 0 Å². The second-order valence-electron chi connectivity index (χ2n) is 9.18. The van der Waals surface area contributed by atoms with Gasteiger partial charge in [0.25, 0.3) is 0 Å². The van der Waals surface area contributed by atoms with Crippen LogP contribution in [0.1, 0.15) is 71.6 Å². The third kappa shape index (κ3) is 2.74. The molecule has 0 radical (unpaired) electrons. The van der Waals surface area contributed by atoms with E-state index in [1.165, 1.54) is 39.0 Å². The predicted molar refractivity (Wildman–Crippen MR) is 87.7 cm³/mol. The Morgan fingerprint density at radius 2 is 1.91 bits per heavy atom. The summed E-state index contributed by atoms with van der Waals surface area (Å²) in [7, 11) is 0. The molecule has 7 atom stereocenters. The maximum atomic E-state index is 12.1. The number of ketones is 1. The molecule has 128 valence electrons. The van der Waals surface area contributed by atoms with Gasteiger partial charge in [-0.25, -0.2) is 0 Å². The fourth-order valence-corrected chi connectivity index (χ4v) is 6.76. The van der Waals surface area contributed by atoms with Gasteiger partial charge in [0.1, 0.15) is 11.9 Å². The van der Waals surface area contributed by atoms with Crippen LogP contribution in [0.2, 0.25) is 0 Å². The highest BCUT2D eigenvalue weighted by Crippen LogP contribution is 2.61. The molecule has 0 heterocycles. The number of Topliss-reactive ketones (excluding diaryl/α,β-unsaturated/α-hetero) is 1. The molecule has 4 aliphatic carbocycles. The van der Waals surface area contributed by atoms with Crippen LogP contribution in [0.5, 0.6) is 0 Å². The van der Waals surface area contributed by atoms with E-state index in [1.54, 1.807) is 0 Å². The van der Waals surface area contributed by atoms with Crippen LogP contribution in [-0.4, -0.2) is 17.9 Å². The van der Waals surface area contributed by atoms with E-state index in [0.717, 1.165) is 49.4 Å². The maximum absolute atomic E-state index is 12.1. The van der Waals surface area contributed by atoms with Crippen molar-refractivity contribution in [3.8, 4) is 0 Å². The summed E-state index contributed by atoms with van der Waals surface area (Å²) in [5.41, 5.74) is 0.306. The van der Waals surface area contributed by atoms with Crippen molar-refractivity contribution in [1.82, 2.24) is 0 Å². The molecule has 4 fully saturated rings. The molecular formula is C20H30O3. The molecule has 0 amide bonds. The third-order valence-electron chi connectivity index (χ3n) is 7.76. The van der Waals surface area contributed by atoms with Crippen molar-refractivity contribution in [2.24, 2.45) is 35.0 Å². The highest BCUT2D eigenvalue weighted by atomic mass is 16.5. The number of hydrogen-bond acceptors (Lipinski definition) is 3. The molecule has 4 rings (SSSR count). The van der Waals surface area contributed by atoms with E-state index in [9.17, 15) is 9.59 Å². The zero-order valence-electron chi connectivity index (χ0n) is 14.6. The summed E-state index contributed by atoms with van der Waals surface area (Å²) < 4.78 is 5.49. The molecule has 0 aromatic carbocycles. The molecule has 3 heteroatoms. The molecular weight excluding hydrogens is 288 g/mol. The molecule has 0 aliphatic heterocycles. The molecule has 0 spiro atoms.